The number of aryl methyl sites for hydroxylation is 2. The van der Waals surface area contributed by atoms with E-state index in [-0.39, 0.29) is 17.1 Å². The normalized spacial score (nSPS) is 10.9. The van der Waals surface area contributed by atoms with Crippen molar-refractivity contribution in [3.8, 4) is 0 Å². The van der Waals surface area contributed by atoms with Gasteiger partial charge in [-0.15, -0.1) is 0 Å². The molecule has 2 aromatic heterocycles. The van der Waals surface area contributed by atoms with Crippen LogP contribution in [0.3, 0.4) is 0 Å². The highest BCUT2D eigenvalue weighted by Gasteiger charge is 2.20. The predicted octanol–water partition coefficient (Wildman–Crippen LogP) is 2.76. The number of nitro groups is 1. The number of nitrogens with zero attached hydrogens (tertiary/aromatic N) is 5. The molecule has 1 aromatic carbocycles. The number of amides is 2. The van der Waals surface area contributed by atoms with Gasteiger partial charge in [-0.05, 0) is 25.5 Å². The maximum absolute atomic E-state index is 12.9. The number of aromatic nitrogens is 4. The highest BCUT2D eigenvalue weighted by molar-refractivity contribution is 6.10. The number of rotatable bonds is 7. The molecule has 0 fully saturated rings. The molecule has 160 valence electrons. The summed E-state index contributed by atoms with van der Waals surface area (Å²) < 4.78 is 3.11. The van der Waals surface area contributed by atoms with E-state index in [0.717, 1.165) is 5.69 Å². The second-order valence-corrected chi connectivity index (χ2v) is 6.62. The van der Waals surface area contributed by atoms with Crippen LogP contribution in [0.2, 0.25) is 0 Å². The summed E-state index contributed by atoms with van der Waals surface area (Å²) in [6.45, 7) is 4.07. The molecule has 0 saturated heterocycles. The molecule has 0 aliphatic heterocycles. The summed E-state index contributed by atoms with van der Waals surface area (Å²) in [7, 11) is 1.76. The maximum Gasteiger partial charge on any atom is 0.276 e. The van der Waals surface area contributed by atoms with Crippen LogP contribution < -0.4 is 10.6 Å². The Balaban J connectivity index is 1.77. The van der Waals surface area contributed by atoms with Gasteiger partial charge in [0.2, 0.25) is 5.91 Å². The van der Waals surface area contributed by atoms with Gasteiger partial charge in [0, 0.05) is 31.8 Å². The molecule has 0 spiro atoms. The van der Waals surface area contributed by atoms with E-state index < -0.39 is 16.7 Å². The second-order valence-electron chi connectivity index (χ2n) is 6.62. The Labute approximate surface area is 177 Å². The van der Waals surface area contributed by atoms with Crippen molar-refractivity contribution in [2.24, 2.45) is 7.05 Å². The quantitative estimate of drug-likeness (QED) is 0.341. The average molecular weight is 423 g/mol. The molecule has 0 saturated carbocycles. The minimum atomic E-state index is -0.509. The average Bonchev–Trinajstić information content (AvgIpc) is 3.30. The van der Waals surface area contributed by atoms with Gasteiger partial charge in [-0.3, -0.25) is 29.1 Å². The lowest BCUT2D eigenvalue weighted by Gasteiger charge is -2.09. The van der Waals surface area contributed by atoms with Crippen LogP contribution in [0.15, 0.2) is 42.7 Å². The van der Waals surface area contributed by atoms with Gasteiger partial charge in [0.1, 0.15) is 5.69 Å². The van der Waals surface area contributed by atoms with Crippen molar-refractivity contribution in [2.45, 2.75) is 20.4 Å². The van der Waals surface area contributed by atoms with E-state index in [0.29, 0.717) is 17.8 Å². The number of non-ortho nitro benzene ring substituents is 1. The molecule has 11 heteroatoms. The molecule has 3 rings (SSSR count). The van der Waals surface area contributed by atoms with Gasteiger partial charge in [0.25, 0.3) is 11.6 Å². The van der Waals surface area contributed by atoms with Gasteiger partial charge in [-0.25, -0.2) is 0 Å². The van der Waals surface area contributed by atoms with Gasteiger partial charge >= 0.3 is 0 Å². The Morgan fingerprint density at radius 1 is 1.19 bits per heavy atom. The van der Waals surface area contributed by atoms with Crippen LogP contribution in [-0.2, 0) is 18.4 Å². The Morgan fingerprint density at radius 2 is 1.94 bits per heavy atom. The fourth-order valence-corrected chi connectivity index (χ4v) is 2.85. The van der Waals surface area contributed by atoms with Crippen LogP contribution in [0, 0.1) is 17.0 Å². The topological polar surface area (TPSA) is 137 Å². The third-order valence-electron chi connectivity index (χ3n) is 4.60. The summed E-state index contributed by atoms with van der Waals surface area (Å²) in [6, 6.07) is 5.89. The van der Waals surface area contributed by atoms with Gasteiger partial charge in [0.05, 0.1) is 34.4 Å². The van der Waals surface area contributed by atoms with Crippen LogP contribution in [-0.4, -0.2) is 36.3 Å². The number of benzene rings is 1. The van der Waals surface area contributed by atoms with Crippen LogP contribution in [0.4, 0.5) is 17.1 Å². The van der Waals surface area contributed by atoms with Gasteiger partial charge in [-0.1, -0.05) is 12.1 Å². The summed E-state index contributed by atoms with van der Waals surface area (Å²) in [5.41, 5.74) is 2.20. The van der Waals surface area contributed by atoms with E-state index in [2.05, 4.69) is 20.8 Å². The van der Waals surface area contributed by atoms with Crippen molar-refractivity contribution >= 4 is 35.0 Å². The first-order valence-corrected chi connectivity index (χ1v) is 9.39. The van der Waals surface area contributed by atoms with Crippen LogP contribution in [0.5, 0.6) is 0 Å². The van der Waals surface area contributed by atoms with E-state index in [4.69, 9.17) is 0 Å². The standard InChI is InChI=1S/C20H21N7O4/c1-4-26-19(20(29)24-16-11-21-25(3)13(16)2)17(12-22-26)23-18(28)9-8-14-6-5-7-15(10-14)27(30)31/h5-12H,4H2,1-3H3,(H,23,28)(H,24,29)/b9-8+. The minimum absolute atomic E-state index is 0.0727. The third kappa shape index (κ3) is 4.83. The van der Waals surface area contributed by atoms with Crippen LogP contribution in [0.25, 0.3) is 6.08 Å². The molecule has 0 atom stereocenters. The first kappa shape index (κ1) is 21.4. The van der Waals surface area contributed by atoms with E-state index in [9.17, 15) is 19.7 Å². The highest BCUT2D eigenvalue weighted by atomic mass is 16.6. The Bertz CT molecular complexity index is 1180. The summed E-state index contributed by atoms with van der Waals surface area (Å²) in [5.74, 6) is -0.942. The number of nitrogens with one attached hydrogen (secondary N) is 2. The predicted molar refractivity (Wildman–Crippen MR) is 115 cm³/mol. The molecule has 2 amide bonds. The molecular formula is C20H21N7O4. The fourth-order valence-electron chi connectivity index (χ4n) is 2.85. The summed E-state index contributed by atoms with van der Waals surface area (Å²) in [4.78, 5) is 35.6. The number of carbonyl (C=O) groups is 2. The van der Waals surface area contributed by atoms with Gasteiger partial charge in [-0.2, -0.15) is 10.2 Å². The van der Waals surface area contributed by atoms with Crippen molar-refractivity contribution in [2.75, 3.05) is 10.6 Å². The Kier molecular flexibility index (Phi) is 6.24. The number of hydrogen-bond acceptors (Lipinski definition) is 6. The Hall–Kier alpha value is -4.28. The molecule has 0 aliphatic carbocycles. The summed E-state index contributed by atoms with van der Waals surface area (Å²) in [6.07, 6.45) is 5.62. The van der Waals surface area contributed by atoms with Crippen molar-refractivity contribution in [1.29, 1.82) is 0 Å². The lowest BCUT2D eigenvalue weighted by Crippen LogP contribution is -2.20. The zero-order valence-corrected chi connectivity index (χ0v) is 17.2. The number of nitro benzene ring substituents is 1. The molecule has 11 nitrogen and oxygen atoms in total. The van der Waals surface area contributed by atoms with E-state index in [1.165, 1.54) is 41.2 Å². The van der Waals surface area contributed by atoms with Crippen molar-refractivity contribution in [1.82, 2.24) is 19.6 Å². The molecule has 3 aromatic rings. The van der Waals surface area contributed by atoms with Gasteiger partial charge < -0.3 is 10.6 Å². The molecule has 2 heterocycles. The van der Waals surface area contributed by atoms with Crippen molar-refractivity contribution in [3.05, 3.63) is 69.8 Å². The zero-order valence-electron chi connectivity index (χ0n) is 17.2. The summed E-state index contributed by atoms with van der Waals surface area (Å²) >= 11 is 0. The fraction of sp³-hybridized carbons (Fsp3) is 0.200. The summed E-state index contributed by atoms with van der Waals surface area (Å²) in [5, 5.41) is 24.5. The lowest BCUT2D eigenvalue weighted by molar-refractivity contribution is -0.384. The second kappa shape index (κ2) is 9.03. The number of hydrogen-bond donors (Lipinski definition) is 2. The highest BCUT2D eigenvalue weighted by Crippen LogP contribution is 2.20. The maximum atomic E-state index is 12.9. The van der Waals surface area contributed by atoms with Crippen molar-refractivity contribution < 1.29 is 14.5 Å². The van der Waals surface area contributed by atoms with E-state index >= 15 is 0 Å². The number of carbonyl (C=O) groups excluding carboxylic acids is 2. The van der Waals surface area contributed by atoms with E-state index in [1.807, 2.05) is 13.8 Å². The van der Waals surface area contributed by atoms with E-state index in [1.54, 1.807) is 24.0 Å². The molecule has 0 bridgehead atoms. The van der Waals surface area contributed by atoms with Crippen molar-refractivity contribution in [3.63, 3.8) is 0 Å². The molecule has 31 heavy (non-hydrogen) atoms. The monoisotopic (exact) mass is 423 g/mol. The SMILES string of the molecule is CCn1ncc(NC(=O)/C=C/c2cccc([N+](=O)[O-])c2)c1C(=O)Nc1cnn(C)c1C. The minimum Gasteiger partial charge on any atom is -0.319 e. The molecule has 0 radical (unpaired) electrons. The van der Waals surface area contributed by atoms with Gasteiger partial charge in [0.15, 0.2) is 0 Å². The van der Waals surface area contributed by atoms with Crippen LogP contribution >= 0.6 is 0 Å². The first-order chi connectivity index (χ1) is 14.8. The smallest absolute Gasteiger partial charge is 0.276 e. The largest absolute Gasteiger partial charge is 0.319 e. The number of anilines is 2. The lowest BCUT2D eigenvalue weighted by atomic mass is 10.2. The zero-order chi connectivity index (χ0) is 22.5. The molecule has 2 N–H and O–H groups in total. The Morgan fingerprint density at radius 3 is 2.58 bits per heavy atom. The molecule has 0 unspecified atom stereocenters. The third-order valence-corrected chi connectivity index (χ3v) is 4.60. The molecule has 0 aliphatic rings. The molecular weight excluding hydrogens is 402 g/mol. The first-order valence-electron chi connectivity index (χ1n) is 9.39. The van der Waals surface area contributed by atoms with Crippen LogP contribution in [0.1, 0.15) is 28.7 Å².